The van der Waals surface area contributed by atoms with Crippen LogP contribution in [0, 0.1) is 24.7 Å². The summed E-state index contributed by atoms with van der Waals surface area (Å²) in [6, 6.07) is 0. The van der Waals surface area contributed by atoms with Gasteiger partial charge in [-0.2, -0.15) is 0 Å². The molecule has 0 N–H and O–H groups in total. The van der Waals surface area contributed by atoms with E-state index in [2.05, 4.69) is 31.0 Å². The smallest absolute Gasteiger partial charge is 0.338 e. The van der Waals surface area contributed by atoms with Gasteiger partial charge in [0.05, 0.1) is 12.2 Å². The molecule has 0 radical (unpaired) electrons. The van der Waals surface area contributed by atoms with Crippen molar-refractivity contribution < 1.29 is 33.0 Å². The zero-order valence-corrected chi connectivity index (χ0v) is 27.9. The predicted octanol–water partition coefficient (Wildman–Crippen LogP) is 7.72. The van der Waals surface area contributed by atoms with Crippen LogP contribution in [0.25, 0.3) is 6.08 Å². The van der Waals surface area contributed by atoms with Gasteiger partial charge >= 0.3 is 11.9 Å². The predicted molar refractivity (Wildman–Crippen MR) is 172 cm³/mol. The normalized spacial score (nSPS) is 31.7. The van der Waals surface area contributed by atoms with E-state index in [1.165, 1.54) is 0 Å². The van der Waals surface area contributed by atoms with Crippen molar-refractivity contribution >= 4 is 18.0 Å². The van der Waals surface area contributed by atoms with E-state index >= 15 is 0 Å². The molecule has 2 bridgehead atoms. The molecule has 1 aromatic rings. The van der Waals surface area contributed by atoms with E-state index in [-0.39, 0.29) is 48.2 Å². The Hall–Kier alpha value is -2.97. The molecule has 3 aliphatic heterocycles. The molecule has 0 spiro atoms. The summed E-state index contributed by atoms with van der Waals surface area (Å²) in [5.41, 5.74) is 2.88. The second-order valence-electron chi connectivity index (χ2n) is 12.3. The maximum atomic E-state index is 13.1. The van der Waals surface area contributed by atoms with Gasteiger partial charge in [-0.25, -0.2) is 9.78 Å². The Morgan fingerprint density at radius 1 is 1.11 bits per heavy atom. The second kappa shape index (κ2) is 17.5. The first kappa shape index (κ1) is 35.5. The van der Waals surface area contributed by atoms with Gasteiger partial charge in [0.1, 0.15) is 24.2 Å². The highest BCUT2D eigenvalue weighted by molar-refractivity contribution is 5.78. The van der Waals surface area contributed by atoms with E-state index in [9.17, 15) is 9.59 Å². The number of fused-ring (bicyclic) bond motifs is 3. The third kappa shape index (κ3) is 11.2. The first-order valence-electron chi connectivity index (χ1n) is 16.3. The van der Waals surface area contributed by atoms with E-state index < -0.39 is 6.10 Å². The Kier molecular flexibility index (Phi) is 14.1. The third-order valence-corrected chi connectivity index (χ3v) is 8.51. The molecular formula is C36H53NO7. The Bertz CT molecular complexity index is 1190. The maximum absolute atomic E-state index is 13.1. The fourth-order valence-electron chi connectivity index (χ4n) is 5.86. The average Bonchev–Trinajstić information content (AvgIpc) is 3.64. The lowest BCUT2D eigenvalue weighted by Crippen LogP contribution is -2.34. The van der Waals surface area contributed by atoms with E-state index in [0.717, 1.165) is 42.5 Å². The molecule has 44 heavy (non-hydrogen) atoms. The largest absolute Gasteiger partial charge is 0.462 e. The molecule has 1 aromatic heterocycles. The molecule has 244 valence electrons. The molecule has 3 aliphatic rings. The highest BCUT2D eigenvalue weighted by Gasteiger charge is 2.49. The van der Waals surface area contributed by atoms with Crippen molar-refractivity contribution in [1.82, 2.24) is 4.98 Å². The molecule has 0 saturated carbocycles. The number of aromatic nitrogens is 1. The molecule has 8 nitrogen and oxygen atoms in total. The number of ether oxygens (including phenoxy) is 4. The number of oxazole rings is 1. The first-order chi connectivity index (χ1) is 21.1. The third-order valence-electron chi connectivity index (χ3n) is 8.51. The fourth-order valence-corrected chi connectivity index (χ4v) is 5.86. The number of nitrogens with zero attached hydrogens (tertiary/aromatic N) is 1. The van der Waals surface area contributed by atoms with Crippen molar-refractivity contribution in [2.45, 2.75) is 124 Å². The van der Waals surface area contributed by atoms with Gasteiger partial charge in [0.25, 0.3) is 0 Å². The number of allylic oxidation sites excluding steroid dienone is 5. The lowest BCUT2D eigenvalue weighted by Gasteiger charge is -2.31. The van der Waals surface area contributed by atoms with Gasteiger partial charge in [0.2, 0.25) is 0 Å². The van der Waals surface area contributed by atoms with E-state index in [0.29, 0.717) is 31.1 Å². The quantitative estimate of drug-likeness (QED) is 0.134. The van der Waals surface area contributed by atoms with Crippen LogP contribution in [0.5, 0.6) is 0 Å². The number of rotatable bonds is 7. The molecule has 0 amide bonds. The van der Waals surface area contributed by atoms with Gasteiger partial charge < -0.3 is 23.4 Å². The van der Waals surface area contributed by atoms with Crippen molar-refractivity contribution in [2.24, 2.45) is 17.8 Å². The van der Waals surface area contributed by atoms with Crippen molar-refractivity contribution in [2.75, 3.05) is 7.11 Å². The molecular weight excluding hydrogens is 558 g/mol. The first-order valence-corrected chi connectivity index (χ1v) is 16.3. The number of carbonyl (C=O) groups excluding carboxylic acids is 2. The van der Waals surface area contributed by atoms with Crippen LogP contribution < -0.4 is 0 Å². The molecule has 4 heterocycles. The lowest BCUT2D eigenvalue weighted by molar-refractivity contribution is -0.159. The topological polar surface area (TPSA) is 100 Å². The second-order valence-corrected chi connectivity index (χ2v) is 12.3. The summed E-state index contributed by atoms with van der Waals surface area (Å²) >= 11 is 0. The number of esters is 2. The van der Waals surface area contributed by atoms with Gasteiger partial charge in [0, 0.05) is 32.8 Å². The number of methoxy groups -OCH3 is 1. The number of aryl methyl sites for hydroxylation is 1. The standard InChI is InChI=1S/C34H47NO7.C2H6/c1-21-9-7-12-24(4)30-16-26(18-32(36)41-30)17-31-33(42-31)34(37)40-28(14-13-21)19-29(38-6)23(3)11-8-10-22(2)15-27-20-39-25(5)35-27;1-2/h7-8,10-12,15,20-21,24,26,28-31,33H,9,13-14,16-19H2,1-6H3;1-2H3/b10-8+,12-7+,22-15+,23-11+;/t21?,24?,26-,28?,29?,30+,31?,33?;/m0./s1. The summed E-state index contributed by atoms with van der Waals surface area (Å²) in [4.78, 5) is 29.7. The summed E-state index contributed by atoms with van der Waals surface area (Å²) in [7, 11) is 1.69. The number of cyclic esters (lactones) is 1. The molecule has 4 rings (SSSR count). The Labute approximate surface area is 263 Å². The highest BCUT2D eigenvalue weighted by Crippen LogP contribution is 2.37. The summed E-state index contributed by atoms with van der Waals surface area (Å²) in [6.45, 7) is 14.2. The molecule has 8 atom stereocenters. The van der Waals surface area contributed by atoms with Crippen LogP contribution >= 0.6 is 0 Å². The van der Waals surface area contributed by atoms with Crippen molar-refractivity contribution in [3.63, 3.8) is 0 Å². The SMILES string of the molecule is CC.COC(CC1CCC(C)C/C=C/C(C)[C@H]2C[C@H](CC(=O)O2)CC2OC2C(=O)O1)/C(C)=C/C=C/C(C)=C/c1coc(C)n1. The maximum Gasteiger partial charge on any atom is 0.338 e. The number of hydrogen-bond acceptors (Lipinski definition) is 8. The Morgan fingerprint density at radius 2 is 1.86 bits per heavy atom. The Morgan fingerprint density at radius 3 is 2.57 bits per heavy atom. The van der Waals surface area contributed by atoms with Crippen LogP contribution in [-0.4, -0.2) is 54.6 Å². The minimum Gasteiger partial charge on any atom is -0.462 e. The van der Waals surface area contributed by atoms with E-state index in [4.69, 9.17) is 23.4 Å². The lowest BCUT2D eigenvalue weighted by atomic mass is 9.85. The molecule has 2 saturated heterocycles. The van der Waals surface area contributed by atoms with Gasteiger partial charge in [0.15, 0.2) is 12.0 Å². The van der Waals surface area contributed by atoms with E-state index in [1.54, 1.807) is 13.4 Å². The zero-order chi connectivity index (χ0) is 32.2. The van der Waals surface area contributed by atoms with Crippen LogP contribution in [0.1, 0.15) is 98.1 Å². The summed E-state index contributed by atoms with van der Waals surface area (Å²) < 4.78 is 28.6. The van der Waals surface area contributed by atoms with Crippen LogP contribution in [-0.2, 0) is 28.5 Å². The van der Waals surface area contributed by atoms with Gasteiger partial charge in [-0.3, -0.25) is 4.79 Å². The van der Waals surface area contributed by atoms with Crippen LogP contribution in [0.3, 0.4) is 0 Å². The molecule has 0 aliphatic carbocycles. The zero-order valence-electron chi connectivity index (χ0n) is 27.9. The summed E-state index contributed by atoms with van der Waals surface area (Å²) in [6.07, 6.45) is 17.7. The molecule has 6 unspecified atom stereocenters. The fraction of sp³-hybridized carbons (Fsp3) is 0.639. The van der Waals surface area contributed by atoms with Gasteiger partial charge in [-0.1, -0.05) is 58.1 Å². The van der Waals surface area contributed by atoms with Crippen LogP contribution in [0.2, 0.25) is 0 Å². The molecule has 2 fully saturated rings. The number of carbonyl (C=O) groups is 2. The Balaban J connectivity index is 0.00000259. The summed E-state index contributed by atoms with van der Waals surface area (Å²) in [5.74, 6) is 0.883. The van der Waals surface area contributed by atoms with Crippen molar-refractivity contribution in [3.05, 3.63) is 59.4 Å². The number of epoxide rings is 1. The monoisotopic (exact) mass is 611 g/mol. The summed E-state index contributed by atoms with van der Waals surface area (Å²) in [5, 5.41) is 0. The average molecular weight is 612 g/mol. The van der Waals surface area contributed by atoms with Crippen molar-refractivity contribution in [3.8, 4) is 0 Å². The van der Waals surface area contributed by atoms with Crippen LogP contribution in [0.4, 0.5) is 0 Å². The highest BCUT2D eigenvalue weighted by atomic mass is 16.6. The van der Waals surface area contributed by atoms with Crippen LogP contribution in [0.15, 0.2) is 52.2 Å². The minimum absolute atomic E-state index is 0.126. The van der Waals surface area contributed by atoms with E-state index in [1.807, 2.05) is 58.9 Å². The van der Waals surface area contributed by atoms with Gasteiger partial charge in [-0.15, -0.1) is 0 Å². The number of hydrogen-bond donors (Lipinski definition) is 0. The van der Waals surface area contributed by atoms with Gasteiger partial charge in [-0.05, 0) is 75.0 Å². The minimum atomic E-state index is -0.560. The van der Waals surface area contributed by atoms with Crippen molar-refractivity contribution in [1.29, 1.82) is 0 Å². The molecule has 0 aromatic carbocycles. The molecule has 8 heteroatoms.